The lowest BCUT2D eigenvalue weighted by molar-refractivity contribution is 0.0944. The summed E-state index contributed by atoms with van der Waals surface area (Å²) in [7, 11) is 0. The number of hydrogen-bond acceptors (Lipinski definition) is 5. The van der Waals surface area contributed by atoms with Crippen LogP contribution in [-0.4, -0.2) is 29.7 Å². The average molecular weight is 330 g/mol. The van der Waals surface area contributed by atoms with Gasteiger partial charge in [0.15, 0.2) is 5.84 Å². The molecule has 1 aliphatic rings. The Kier molecular flexibility index (Phi) is 4.69. The number of benzene rings is 1. The lowest BCUT2D eigenvalue weighted by atomic mass is 9.78. The summed E-state index contributed by atoms with van der Waals surface area (Å²) in [5.74, 6) is 0.495. The van der Waals surface area contributed by atoms with Crippen LogP contribution in [0.2, 0.25) is 0 Å². The number of rotatable bonds is 1. The zero-order chi connectivity index (χ0) is 18.1. The van der Waals surface area contributed by atoms with Gasteiger partial charge in [0, 0.05) is 16.7 Å². The summed E-state index contributed by atoms with van der Waals surface area (Å²) in [6, 6.07) is 3.48. The molecule has 0 saturated carbocycles. The lowest BCUT2D eigenvalue weighted by Gasteiger charge is -2.28. The number of amidine groups is 1. The Morgan fingerprint density at radius 2 is 1.62 bits per heavy atom. The number of aromatic hydroxyl groups is 1. The van der Waals surface area contributed by atoms with Crippen molar-refractivity contribution in [1.29, 1.82) is 0 Å². The fraction of sp³-hybridized carbons (Fsp3) is 0.500. The van der Waals surface area contributed by atoms with E-state index in [0.717, 1.165) is 11.1 Å². The molecule has 0 unspecified atom stereocenters. The maximum Gasteiger partial charge on any atom is 0.269 e. The molecule has 1 aromatic rings. The fourth-order valence-electron chi connectivity index (χ4n) is 2.46. The van der Waals surface area contributed by atoms with Gasteiger partial charge in [0.2, 0.25) is 0 Å². The first-order chi connectivity index (χ1) is 11.0. The maximum atomic E-state index is 12.5. The largest absolute Gasteiger partial charge is 0.507 e. The van der Waals surface area contributed by atoms with Crippen LogP contribution in [0.3, 0.4) is 0 Å². The molecule has 1 aromatic carbocycles. The molecule has 24 heavy (non-hydrogen) atoms. The van der Waals surface area contributed by atoms with Crippen molar-refractivity contribution in [2.45, 2.75) is 52.4 Å². The van der Waals surface area contributed by atoms with Crippen molar-refractivity contribution in [3.05, 3.63) is 28.8 Å². The number of nitrogens with zero attached hydrogens (tertiary/aromatic N) is 2. The number of aliphatic imine (C=N–C) groups is 2. The van der Waals surface area contributed by atoms with Gasteiger partial charge in [-0.3, -0.25) is 20.6 Å². The summed E-state index contributed by atoms with van der Waals surface area (Å²) in [4.78, 5) is 20.5. The van der Waals surface area contributed by atoms with Crippen LogP contribution in [0.4, 0.5) is 0 Å². The van der Waals surface area contributed by atoms with E-state index in [2.05, 4.69) is 20.8 Å². The van der Waals surface area contributed by atoms with Crippen molar-refractivity contribution in [2.24, 2.45) is 9.98 Å². The number of nitrogens with one attached hydrogen (secondary N) is 2. The molecular formula is C18H26N4O2. The van der Waals surface area contributed by atoms with Gasteiger partial charge in [-0.05, 0) is 23.0 Å². The van der Waals surface area contributed by atoms with E-state index in [0.29, 0.717) is 18.1 Å². The molecule has 0 spiro atoms. The van der Waals surface area contributed by atoms with Gasteiger partial charge in [-0.2, -0.15) is 0 Å². The molecule has 0 bridgehead atoms. The molecule has 0 saturated heterocycles. The Balaban J connectivity index is 2.38. The van der Waals surface area contributed by atoms with Crippen LogP contribution in [0, 0.1) is 0 Å². The van der Waals surface area contributed by atoms with E-state index in [9.17, 15) is 9.90 Å². The molecule has 6 nitrogen and oxygen atoms in total. The molecule has 0 aliphatic carbocycles. The van der Waals surface area contributed by atoms with Gasteiger partial charge in [-0.15, -0.1) is 0 Å². The Bertz CT molecular complexity index is 672. The minimum absolute atomic E-state index is 0.256. The molecule has 130 valence electrons. The Morgan fingerprint density at radius 3 is 2.04 bits per heavy atom. The number of phenols is 1. The number of carbonyl (C=O) groups is 1. The molecule has 0 radical (unpaired) electrons. The lowest BCUT2D eigenvalue weighted by Crippen LogP contribution is -2.42. The van der Waals surface area contributed by atoms with Crippen molar-refractivity contribution in [3.8, 4) is 5.75 Å². The van der Waals surface area contributed by atoms with Crippen molar-refractivity contribution in [3.63, 3.8) is 0 Å². The second-order valence-electron chi connectivity index (χ2n) is 8.00. The summed E-state index contributed by atoms with van der Waals surface area (Å²) in [5.41, 5.74) is 6.80. The van der Waals surface area contributed by atoms with Gasteiger partial charge in [0.25, 0.3) is 5.91 Å². The predicted molar refractivity (Wildman–Crippen MR) is 96.9 cm³/mol. The Morgan fingerprint density at radius 1 is 1.08 bits per heavy atom. The minimum atomic E-state index is -0.283. The Hall–Kier alpha value is -2.37. The molecular weight excluding hydrogens is 304 g/mol. The summed E-state index contributed by atoms with van der Waals surface area (Å²) < 4.78 is 0. The Labute approximate surface area is 143 Å². The number of carbonyl (C=O) groups excluding carboxylic acids is 1. The fourth-order valence-corrected chi connectivity index (χ4v) is 2.46. The van der Waals surface area contributed by atoms with E-state index >= 15 is 0 Å². The third-order valence-electron chi connectivity index (χ3n) is 3.83. The molecule has 0 atom stereocenters. The average Bonchev–Trinajstić information content (AvgIpc) is 2.95. The highest BCUT2D eigenvalue weighted by atomic mass is 16.3. The zero-order valence-corrected chi connectivity index (χ0v) is 15.2. The normalized spacial score (nSPS) is 14.5. The number of hydrogen-bond donors (Lipinski definition) is 3. The monoisotopic (exact) mass is 330 g/mol. The second kappa shape index (κ2) is 6.26. The predicted octanol–water partition coefficient (Wildman–Crippen LogP) is 2.66. The van der Waals surface area contributed by atoms with E-state index in [-0.39, 0.29) is 22.5 Å². The SMILES string of the molecule is CC(C)(C)c1cc(C(=O)NNC2=NCN=C2)cc(C(C)(C)C)c1O. The highest BCUT2D eigenvalue weighted by Gasteiger charge is 2.27. The standard InChI is InChI=1S/C18H26N4O2/c1-17(2,3)12-7-11(8-13(15(12)23)18(4,5)6)16(24)22-21-14-9-19-10-20-14/h7-9,23H,10H2,1-6H3,(H,20,21)(H,22,24). The van der Waals surface area contributed by atoms with Crippen LogP contribution in [0.15, 0.2) is 22.1 Å². The van der Waals surface area contributed by atoms with Gasteiger partial charge in [-0.1, -0.05) is 41.5 Å². The third kappa shape index (κ3) is 3.93. The highest BCUT2D eigenvalue weighted by molar-refractivity contribution is 6.30. The van der Waals surface area contributed by atoms with E-state index in [1.807, 2.05) is 41.5 Å². The van der Waals surface area contributed by atoms with Gasteiger partial charge in [0.05, 0.1) is 6.21 Å². The second-order valence-corrected chi connectivity index (χ2v) is 8.00. The van der Waals surface area contributed by atoms with Crippen molar-refractivity contribution in [2.75, 3.05) is 6.67 Å². The van der Waals surface area contributed by atoms with E-state index in [4.69, 9.17) is 0 Å². The molecule has 1 aliphatic heterocycles. The summed E-state index contributed by atoms with van der Waals surface area (Å²) >= 11 is 0. The molecule has 6 heteroatoms. The molecule has 0 fully saturated rings. The molecule has 3 N–H and O–H groups in total. The number of hydrazine groups is 1. The van der Waals surface area contributed by atoms with Crippen LogP contribution in [0.25, 0.3) is 0 Å². The summed E-state index contributed by atoms with van der Waals surface area (Å²) in [6.07, 6.45) is 1.57. The van der Waals surface area contributed by atoms with Gasteiger partial charge in [0.1, 0.15) is 12.4 Å². The first-order valence-electron chi connectivity index (χ1n) is 7.99. The first-order valence-corrected chi connectivity index (χ1v) is 7.99. The molecule has 1 amide bonds. The number of amides is 1. The topological polar surface area (TPSA) is 86.1 Å². The molecule has 2 rings (SSSR count). The third-order valence-corrected chi connectivity index (χ3v) is 3.83. The van der Waals surface area contributed by atoms with Crippen LogP contribution in [-0.2, 0) is 10.8 Å². The van der Waals surface area contributed by atoms with Crippen LogP contribution >= 0.6 is 0 Å². The number of phenolic OH excluding ortho intramolecular Hbond substituents is 1. The summed E-state index contributed by atoms with van der Waals surface area (Å²) in [6.45, 7) is 12.4. The van der Waals surface area contributed by atoms with Crippen molar-refractivity contribution >= 4 is 18.0 Å². The first kappa shape index (κ1) is 18.0. The van der Waals surface area contributed by atoms with Gasteiger partial charge in [-0.25, -0.2) is 4.99 Å². The molecule has 1 heterocycles. The van der Waals surface area contributed by atoms with E-state index in [1.54, 1.807) is 18.3 Å². The van der Waals surface area contributed by atoms with Crippen molar-refractivity contribution in [1.82, 2.24) is 10.9 Å². The quantitative estimate of drug-likeness (QED) is 0.692. The van der Waals surface area contributed by atoms with Gasteiger partial charge >= 0.3 is 0 Å². The highest BCUT2D eigenvalue weighted by Crippen LogP contribution is 2.39. The summed E-state index contributed by atoms with van der Waals surface area (Å²) in [5, 5.41) is 10.7. The van der Waals surface area contributed by atoms with Gasteiger partial charge < -0.3 is 5.11 Å². The van der Waals surface area contributed by atoms with Crippen LogP contribution in [0.1, 0.15) is 63.0 Å². The minimum Gasteiger partial charge on any atom is -0.507 e. The van der Waals surface area contributed by atoms with Crippen molar-refractivity contribution < 1.29 is 9.90 Å². The molecule has 0 aromatic heterocycles. The van der Waals surface area contributed by atoms with Crippen LogP contribution in [0.5, 0.6) is 5.75 Å². The zero-order valence-electron chi connectivity index (χ0n) is 15.2. The van der Waals surface area contributed by atoms with Crippen LogP contribution < -0.4 is 10.9 Å². The smallest absolute Gasteiger partial charge is 0.269 e. The van der Waals surface area contributed by atoms with E-state index in [1.165, 1.54) is 0 Å². The maximum absolute atomic E-state index is 12.5. The van der Waals surface area contributed by atoms with E-state index < -0.39 is 0 Å².